The molecule has 0 spiro atoms. The molecule has 2 heteroatoms. The van der Waals surface area contributed by atoms with Gasteiger partial charge in [-0.25, -0.2) is 0 Å². The molecule has 0 aromatic heterocycles. The van der Waals surface area contributed by atoms with Crippen molar-refractivity contribution >= 4 is 0 Å². The number of ether oxygens (including phenoxy) is 1. The van der Waals surface area contributed by atoms with Gasteiger partial charge in [0.1, 0.15) is 0 Å². The first kappa shape index (κ1) is 10.0. The van der Waals surface area contributed by atoms with Crippen molar-refractivity contribution in [2.24, 2.45) is 11.1 Å². The topological polar surface area (TPSA) is 35.2 Å². The molecule has 1 fully saturated rings. The molecule has 0 heterocycles. The van der Waals surface area contributed by atoms with Crippen LogP contribution in [0.4, 0.5) is 0 Å². The van der Waals surface area contributed by atoms with Gasteiger partial charge >= 0.3 is 0 Å². The fourth-order valence-corrected chi connectivity index (χ4v) is 1.34. The first-order chi connectivity index (χ1) is 5.16. The van der Waals surface area contributed by atoms with E-state index in [1.807, 2.05) is 0 Å². The van der Waals surface area contributed by atoms with Crippen molar-refractivity contribution in [1.82, 2.24) is 0 Å². The minimum absolute atomic E-state index is 0.0644. The molecule has 0 aromatic carbocycles. The van der Waals surface area contributed by atoms with Crippen LogP contribution >= 0.6 is 0 Å². The van der Waals surface area contributed by atoms with Crippen LogP contribution in [0.1, 0.15) is 41.0 Å². The van der Waals surface area contributed by atoms with Crippen LogP contribution in [0, 0.1) is 5.41 Å². The second-order valence-electron chi connectivity index (χ2n) is 5.62. The molecular formula is C10H21NO. The smallest absolute Gasteiger partial charge is 0.0658 e. The largest absolute Gasteiger partial charge is 0.374 e. The lowest BCUT2D eigenvalue weighted by Gasteiger charge is -2.24. The lowest BCUT2D eigenvalue weighted by Crippen LogP contribution is -2.37. The van der Waals surface area contributed by atoms with Crippen molar-refractivity contribution in [2.75, 3.05) is 6.61 Å². The second-order valence-corrected chi connectivity index (χ2v) is 5.62. The first-order valence-corrected chi connectivity index (χ1v) is 4.59. The standard InChI is InChI=1S/C10H21NO/c1-8(2,3)12-7-10(11)6-9(10,4)5/h6-7,11H2,1-5H3. The third kappa shape index (κ3) is 1.99. The summed E-state index contributed by atoms with van der Waals surface area (Å²) in [6.07, 6.45) is 1.08. The van der Waals surface area contributed by atoms with Gasteiger partial charge in [0.05, 0.1) is 12.2 Å². The van der Waals surface area contributed by atoms with Crippen molar-refractivity contribution < 1.29 is 4.74 Å². The molecule has 0 radical (unpaired) electrons. The van der Waals surface area contributed by atoms with E-state index in [4.69, 9.17) is 10.5 Å². The molecule has 2 N–H and O–H groups in total. The molecule has 1 unspecified atom stereocenters. The van der Waals surface area contributed by atoms with E-state index in [0.29, 0.717) is 6.61 Å². The Labute approximate surface area is 75.5 Å². The van der Waals surface area contributed by atoms with E-state index < -0.39 is 0 Å². The Morgan fingerprint density at radius 3 is 2.00 bits per heavy atom. The Kier molecular flexibility index (Phi) is 2.05. The molecular weight excluding hydrogens is 150 g/mol. The fourth-order valence-electron chi connectivity index (χ4n) is 1.34. The second kappa shape index (κ2) is 2.46. The molecule has 0 bridgehead atoms. The van der Waals surface area contributed by atoms with E-state index in [1.54, 1.807) is 0 Å². The third-order valence-corrected chi connectivity index (χ3v) is 2.74. The molecule has 0 aromatic rings. The molecule has 72 valence electrons. The molecule has 2 nitrogen and oxygen atoms in total. The fraction of sp³-hybridized carbons (Fsp3) is 1.00. The average molecular weight is 171 g/mol. The maximum Gasteiger partial charge on any atom is 0.0658 e. The van der Waals surface area contributed by atoms with Crippen molar-refractivity contribution in [3.8, 4) is 0 Å². The van der Waals surface area contributed by atoms with Gasteiger partial charge in [-0.1, -0.05) is 13.8 Å². The number of nitrogens with two attached hydrogens (primary N) is 1. The van der Waals surface area contributed by atoms with Gasteiger partial charge < -0.3 is 10.5 Å². The number of hydrogen-bond donors (Lipinski definition) is 1. The van der Waals surface area contributed by atoms with Crippen LogP contribution < -0.4 is 5.73 Å². The Bertz CT molecular complexity index is 181. The summed E-state index contributed by atoms with van der Waals surface area (Å²) >= 11 is 0. The third-order valence-electron chi connectivity index (χ3n) is 2.74. The summed E-state index contributed by atoms with van der Waals surface area (Å²) in [7, 11) is 0. The van der Waals surface area contributed by atoms with Crippen LogP contribution in [0.15, 0.2) is 0 Å². The summed E-state index contributed by atoms with van der Waals surface area (Å²) in [5.74, 6) is 0. The lowest BCUT2D eigenvalue weighted by atomic mass is 10.1. The average Bonchev–Trinajstić information content (AvgIpc) is 2.28. The predicted molar refractivity (Wildman–Crippen MR) is 51.0 cm³/mol. The molecule has 0 saturated heterocycles. The lowest BCUT2D eigenvalue weighted by molar-refractivity contribution is -0.0181. The minimum atomic E-state index is -0.0692. The van der Waals surface area contributed by atoms with E-state index in [9.17, 15) is 0 Å². The Hall–Kier alpha value is -0.0800. The molecule has 1 saturated carbocycles. The van der Waals surface area contributed by atoms with Crippen LogP contribution in [0.2, 0.25) is 0 Å². The maximum atomic E-state index is 6.11. The molecule has 1 aliphatic carbocycles. The van der Waals surface area contributed by atoms with Gasteiger partial charge in [-0.2, -0.15) is 0 Å². The van der Waals surface area contributed by atoms with Crippen molar-refractivity contribution in [3.05, 3.63) is 0 Å². The highest BCUT2D eigenvalue weighted by Gasteiger charge is 2.58. The zero-order chi connectivity index (χ0) is 9.62. The molecule has 1 aliphatic rings. The van der Waals surface area contributed by atoms with Gasteiger partial charge in [-0.3, -0.25) is 0 Å². The molecule has 12 heavy (non-hydrogen) atoms. The highest BCUT2D eigenvalue weighted by molar-refractivity contribution is 5.15. The van der Waals surface area contributed by atoms with Gasteiger partial charge in [-0.05, 0) is 32.6 Å². The highest BCUT2D eigenvalue weighted by Crippen LogP contribution is 2.53. The Morgan fingerprint density at radius 2 is 1.75 bits per heavy atom. The van der Waals surface area contributed by atoms with Crippen LogP contribution in [0.5, 0.6) is 0 Å². The van der Waals surface area contributed by atoms with Crippen molar-refractivity contribution in [2.45, 2.75) is 52.2 Å². The molecule has 1 rings (SSSR count). The van der Waals surface area contributed by atoms with Crippen LogP contribution in [0.25, 0.3) is 0 Å². The van der Waals surface area contributed by atoms with Gasteiger partial charge in [0.2, 0.25) is 0 Å². The zero-order valence-electron chi connectivity index (χ0n) is 8.90. The maximum absolute atomic E-state index is 6.11. The van der Waals surface area contributed by atoms with Crippen molar-refractivity contribution in [1.29, 1.82) is 0 Å². The van der Waals surface area contributed by atoms with Crippen LogP contribution in [-0.4, -0.2) is 17.7 Å². The van der Waals surface area contributed by atoms with E-state index in [1.165, 1.54) is 0 Å². The number of hydrogen-bond acceptors (Lipinski definition) is 2. The highest BCUT2D eigenvalue weighted by atomic mass is 16.5. The van der Waals surface area contributed by atoms with Gasteiger partial charge in [0, 0.05) is 5.54 Å². The Balaban J connectivity index is 2.36. The first-order valence-electron chi connectivity index (χ1n) is 4.59. The summed E-state index contributed by atoms with van der Waals surface area (Å²) in [5, 5.41) is 0. The van der Waals surface area contributed by atoms with Gasteiger partial charge in [0.15, 0.2) is 0 Å². The quantitative estimate of drug-likeness (QED) is 0.689. The van der Waals surface area contributed by atoms with E-state index in [0.717, 1.165) is 6.42 Å². The molecule has 1 atom stereocenters. The minimum Gasteiger partial charge on any atom is -0.374 e. The van der Waals surface area contributed by atoms with Crippen LogP contribution in [0.3, 0.4) is 0 Å². The zero-order valence-corrected chi connectivity index (χ0v) is 8.90. The summed E-state index contributed by atoms with van der Waals surface area (Å²) < 4.78 is 5.67. The van der Waals surface area contributed by atoms with E-state index in [-0.39, 0.29) is 16.6 Å². The molecule has 0 amide bonds. The Morgan fingerprint density at radius 1 is 1.33 bits per heavy atom. The summed E-state index contributed by atoms with van der Waals surface area (Å²) in [6.45, 7) is 11.3. The van der Waals surface area contributed by atoms with Gasteiger partial charge in [-0.15, -0.1) is 0 Å². The molecule has 0 aliphatic heterocycles. The summed E-state index contributed by atoms with van der Waals surface area (Å²) in [5.41, 5.74) is 6.25. The van der Waals surface area contributed by atoms with Crippen molar-refractivity contribution in [3.63, 3.8) is 0 Å². The predicted octanol–water partition coefficient (Wildman–Crippen LogP) is 1.93. The summed E-state index contributed by atoms with van der Waals surface area (Å²) in [6, 6.07) is 0. The SMILES string of the molecule is CC(C)(C)OCC1(N)CC1(C)C. The monoisotopic (exact) mass is 171 g/mol. The van der Waals surface area contributed by atoms with E-state index in [2.05, 4.69) is 34.6 Å². The van der Waals surface area contributed by atoms with Gasteiger partial charge in [0.25, 0.3) is 0 Å². The number of rotatable bonds is 2. The van der Waals surface area contributed by atoms with E-state index >= 15 is 0 Å². The summed E-state index contributed by atoms with van der Waals surface area (Å²) in [4.78, 5) is 0. The van der Waals surface area contributed by atoms with Crippen LogP contribution in [-0.2, 0) is 4.74 Å². The normalized spacial score (nSPS) is 33.5.